The van der Waals surface area contributed by atoms with Gasteiger partial charge in [0.25, 0.3) is 0 Å². The molecule has 19 heavy (non-hydrogen) atoms. The molecule has 0 aromatic heterocycles. The zero-order valence-electron chi connectivity index (χ0n) is 12.4. The van der Waals surface area contributed by atoms with Crippen LogP contribution in [0.1, 0.15) is 52.1 Å². The summed E-state index contributed by atoms with van der Waals surface area (Å²) >= 11 is 0. The van der Waals surface area contributed by atoms with E-state index in [4.69, 9.17) is 5.73 Å². The first kappa shape index (κ1) is 15.7. The van der Waals surface area contributed by atoms with Gasteiger partial charge in [-0.2, -0.15) is 0 Å². The molecule has 0 aliphatic rings. The topological polar surface area (TPSA) is 55.1 Å². The molecule has 0 aliphatic heterocycles. The monoisotopic (exact) mass is 262 g/mol. The van der Waals surface area contributed by atoms with Crippen LogP contribution in [0, 0.1) is 5.92 Å². The van der Waals surface area contributed by atoms with E-state index in [0.717, 1.165) is 18.4 Å². The second-order valence-electron chi connectivity index (χ2n) is 5.48. The van der Waals surface area contributed by atoms with E-state index in [1.807, 2.05) is 37.3 Å². The van der Waals surface area contributed by atoms with Crippen molar-refractivity contribution in [3.8, 4) is 0 Å². The quantitative estimate of drug-likeness (QED) is 0.828. The number of carbonyl (C=O) groups is 1. The third kappa shape index (κ3) is 4.06. The highest BCUT2D eigenvalue weighted by Crippen LogP contribution is 2.21. The third-order valence-electron chi connectivity index (χ3n) is 4.12. The van der Waals surface area contributed by atoms with Crippen LogP contribution in [0.15, 0.2) is 30.3 Å². The molecule has 106 valence electrons. The van der Waals surface area contributed by atoms with Crippen molar-refractivity contribution in [3.63, 3.8) is 0 Å². The minimum absolute atomic E-state index is 0.0301. The van der Waals surface area contributed by atoms with Gasteiger partial charge < -0.3 is 11.1 Å². The summed E-state index contributed by atoms with van der Waals surface area (Å²) < 4.78 is 0. The Morgan fingerprint density at radius 2 is 1.79 bits per heavy atom. The van der Waals surface area contributed by atoms with Gasteiger partial charge >= 0.3 is 0 Å². The Hall–Kier alpha value is -1.35. The largest absolute Gasteiger partial charge is 0.351 e. The van der Waals surface area contributed by atoms with E-state index < -0.39 is 0 Å². The molecule has 0 radical (unpaired) electrons. The van der Waals surface area contributed by atoms with Gasteiger partial charge in [0.05, 0.1) is 5.92 Å². The van der Waals surface area contributed by atoms with Crippen molar-refractivity contribution in [2.24, 2.45) is 11.7 Å². The van der Waals surface area contributed by atoms with E-state index in [-0.39, 0.29) is 23.4 Å². The van der Waals surface area contributed by atoms with E-state index in [1.54, 1.807) is 0 Å². The fourth-order valence-corrected chi connectivity index (χ4v) is 1.97. The molecule has 1 aromatic carbocycles. The smallest absolute Gasteiger partial charge is 0.225 e. The molecule has 0 aliphatic carbocycles. The van der Waals surface area contributed by atoms with E-state index in [2.05, 4.69) is 26.1 Å². The molecular formula is C16H26N2O. The standard InChI is InChI=1S/C16H26N2O/c1-5-16(4,6-2)18-15(19)12(3)14(17)13-10-8-7-9-11-13/h7-12,14H,5-6,17H2,1-4H3,(H,18,19). The van der Waals surface area contributed by atoms with Gasteiger partial charge in [-0.15, -0.1) is 0 Å². The van der Waals surface area contributed by atoms with Crippen molar-refractivity contribution in [3.05, 3.63) is 35.9 Å². The van der Waals surface area contributed by atoms with Gasteiger partial charge in [0, 0.05) is 11.6 Å². The number of rotatable bonds is 6. The Morgan fingerprint density at radius 1 is 1.26 bits per heavy atom. The van der Waals surface area contributed by atoms with E-state index in [1.165, 1.54) is 0 Å². The summed E-state index contributed by atoms with van der Waals surface area (Å²) in [6.07, 6.45) is 1.84. The van der Waals surface area contributed by atoms with Crippen LogP contribution < -0.4 is 11.1 Å². The minimum Gasteiger partial charge on any atom is -0.351 e. The molecule has 0 heterocycles. The predicted octanol–water partition coefficient (Wildman–Crippen LogP) is 3.02. The zero-order valence-corrected chi connectivity index (χ0v) is 12.4. The van der Waals surface area contributed by atoms with Crippen LogP contribution in [0.5, 0.6) is 0 Å². The van der Waals surface area contributed by atoms with Crippen LogP contribution in [0.4, 0.5) is 0 Å². The van der Waals surface area contributed by atoms with Crippen molar-refractivity contribution in [1.29, 1.82) is 0 Å². The Balaban J connectivity index is 2.72. The van der Waals surface area contributed by atoms with Crippen molar-refractivity contribution < 1.29 is 4.79 Å². The Morgan fingerprint density at radius 3 is 2.26 bits per heavy atom. The highest BCUT2D eigenvalue weighted by molar-refractivity contribution is 5.80. The summed E-state index contributed by atoms with van der Waals surface area (Å²) in [4.78, 5) is 12.3. The van der Waals surface area contributed by atoms with E-state index in [0.29, 0.717) is 0 Å². The highest BCUT2D eigenvalue weighted by atomic mass is 16.2. The lowest BCUT2D eigenvalue weighted by atomic mass is 9.91. The molecule has 1 aromatic rings. The second-order valence-corrected chi connectivity index (χ2v) is 5.48. The predicted molar refractivity (Wildman–Crippen MR) is 79.7 cm³/mol. The Bertz CT molecular complexity index is 398. The van der Waals surface area contributed by atoms with Gasteiger partial charge in [-0.25, -0.2) is 0 Å². The molecule has 2 atom stereocenters. The summed E-state index contributed by atoms with van der Waals surface area (Å²) in [5, 5.41) is 3.12. The van der Waals surface area contributed by atoms with Crippen LogP contribution in [0.2, 0.25) is 0 Å². The van der Waals surface area contributed by atoms with Gasteiger partial charge in [-0.1, -0.05) is 51.1 Å². The molecule has 1 rings (SSSR count). The van der Waals surface area contributed by atoms with Crippen LogP contribution >= 0.6 is 0 Å². The zero-order chi connectivity index (χ0) is 14.5. The van der Waals surface area contributed by atoms with Gasteiger partial charge in [0.1, 0.15) is 0 Å². The van der Waals surface area contributed by atoms with Gasteiger partial charge in [0.2, 0.25) is 5.91 Å². The number of nitrogens with two attached hydrogens (primary N) is 1. The maximum atomic E-state index is 12.3. The van der Waals surface area contributed by atoms with Crippen LogP contribution in [0.25, 0.3) is 0 Å². The first-order chi connectivity index (χ1) is 8.93. The van der Waals surface area contributed by atoms with Crippen LogP contribution in [-0.2, 0) is 4.79 Å². The number of benzene rings is 1. The Kier molecular flexibility index (Phi) is 5.55. The third-order valence-corrected chi connectivity index (χ3v) is 4.12. The molecule has 0 bridgehead atoms. The average Bonchev–Trinajstić information content (AvgIpc) is 2.46. The fraction of sp³-hybridized carbons (Fsp3) is 0.562. The van der Waals surface area contributed by atoms with Crippen molar-refractivity contribution in [2.45, 2.75) is 52.1 Å². The minimum atomic E-state index is -0.265. The molecule has 3 N–H and O–H groups in total. The molecule has 2 unspecified atom stereocenters. The van der Waals surface area contributed by atoms with Crippen molar-refractivity contribution >= 4 is 5.91 Å². The summed E-state index contributed by atoms with van der Waals surface area (Å²) in [7, 11) is 0. The molecule has 0 saturated heterocycles. The summed E-state index contributed by atoms with van der Waals surface area (Å²) in [5.41, 5.74) is 7.04. The lowest BCUT2D eigenvalue weighted by molar-refractivity contribution is -0.127. The van der Waals surface area contributed by atoms with Crippen molar-refractivity contribution in [2.75, 3.05) is 0 Å². The van der Waals surface area contributed by atoms with Crippen LogP contribution in [-0.4, -0.2) is 11.4 Å². The number of amides is 1. The van der Waals surface area contributed by atoms with Gasteiger partial charge in [0.15, 0.2) is 0 Å². The normalized spacial score (nSPS) is 14.8. The van der Waals surface area contributed by atoms with Gasteiger partial charge in [-0.05, 0) is 25.3 Å². The molecule has 3 heteroatoms. The number of nitrogens with one attached hydrogen (secondary N) is 1. The second kappa shape index (κ2) is 6.71. The first-order valence-electron chi connectivity index (χ1n) is 7.06. The lowest BCUT2D eigenvalue weighted by Gasteiger charge is -2.31. The Labute approximate surface area is 116 Å². The molecule has 0 saturated carbocycles. The summed E-state index contributed by atoms with van der Waals surface area (Å²) in [6.45, 7) is 8.14. The molecule has 3 nitrogen and oxygen atoms in total. The number of hydrogen-bond donors (Lipinski definition) is 2. The molecule has 0 fully saturated rings. The summed E-state index contributed by atoms with van der Waals surface area (Å²) in [6, 6.07) is 9.51. The number of carbonyl (C=O) groups excluding carboxylic acids is 1. The van der Waals surface area contributed by atoms with E-state index in [9.17, 15) is 4.79 Å². The van der Waals surface area contributed by atoms with Crippen LogP contribution in [0.3, 0.4) is 0 Å². The SMILES string of the molecule is CCC(C)(CC)NC(=O)C(C)C(N)c1ccccc1. The first-order valence-corrected chi connectivity index (χ1v) is 7.06. The fourth-order valence-electron chi connectivity index (χ4n) is 1.97. The maximum Gasteiger partial charge on any atom is 0.225 e. The molecular weight excluding hydrogens is 236 g/mol. The highest BCUT2D eigenvalue weighted by Gasteiger charge is 2.28. The maximum absolute atomic E-state index is 12.3. The lowest BCUT2D eigenvalue weighted by Crippen LogP contribution is -2.48. The number of hydrogen-bond acceptors (Lipinski definition) is 2. The van der Waals surface area contributed by atoms with Crippen molar-refractivity contribution in [1.82, 2.24) is 5.32 Å². The molecule has 1 amide bonds. The van der Waals surface area contributed by atoms with Gasteiger partial charge in [-0.3, -0.25) is 4.79 Å². The molecule has 0 spiro atoms. The summed E-state index contributed by atoms with van der Waals surface area (Å²) in [5.74, 6) is -0.206. The average molecular weight is 262 g/mol. The van der Waals surface area contributed by atoms with E-state index >= 15 is 0 Å².